The molecule has 5 heteroatoms. The summed E-state index contributed by atoms with van der Waals surface area (Å²) < 4.78 is 8.32. The fraction of sp³-hybridized carbons (Fsp3) is 0.571. The molecule has 0 aliphatic rings. The van der Waals surface area contributed by atoms with Crippen molar-refractivity contribution in [3.8, 4) is 6.01 Å². The van der Waals surface area contributed by atoms with Crippen molar-refractivity contribution >= 4 is 19.4 Å². The van der Waals surface area contributed by atoms with Gasteiger partial charge in [-0.2, -0.15) is 4.98 Å². The van der Waals surface area contributed by atoms with Crippen LogP contribution in [0, 0.1) is 6.92 Å². The van der Waals surface area contributed by atoms with Gasteiger partial charge in [-0.3, -0.25) is 9.55 Å². The van der Waals surface area contributed by atoms with Crippen LogP contribution in [-0.2, 0) is 7.05 Å². The molecule has 0 N–H and O–H groups in total. The SMILES string of the molecule is Cc1nccc2c1nc(O[Si](C)(C)C(C)(C)C)n2C. The molecule has 0 unspecified atom stereocenters. The zero-order valence-corrected chi connectivity index (χ0v) is 13.9. The molecule has 104 valence electrons. The van der Waals surface area contributed by atoms with Crippen LogP contribution < -0.4 is 4.43 Å². The monoisotopic (exact) mass is 277 g/mol. The largest absolute Gasteiger partial charge is 0.518 e. The molecule has 0 saturated carbocycles. The Bertz CT molecular complexity index is 611. The minimum absolute atomic E-state index is 0.165. The highest BCUT2D eigenvalue weighted by Crippen LogP contribution is 2.37. The number of fused-ring (bicyclic) bond motifs is 1. The maximum atomic E-state index is 6.30. The number of aryl methyl sites for hydroxylation is 2. The topological polar surface area (TPSA) is 39.9 Å². The molecule has 2 aromatic heterocycles. The zero-order valence-electron chi connectivity index (χ0n) is 12.9. The van der Waals surface area contributed by atoms with Crippen LogP contribution in [0.4, 0.5) is 0 Å². The second kappa shape index (κ2) is 4.33. The van der Waals surface area contributed by atoms with E-state index in [2.05, 4.69) is 43.8 Å². The second-order valence-corrected chi connectivity index (χ2v) is 11.3. The maximum Gasteiger partial charge on any atom is 0.283 e. The Kier molecular flexibility index (Phi) is 3.21. The first-order valence-electron chi connectivity index (χ1n) is 6.60. The predicted molar refractivity (Wildman–Crippen MR) is 81.1 cm³/mol. The van der Waals surface area contributed by atoms with Crippen LogP contribution in [0.5, 0.6) is 6.01 Å². The molecular formula is C14H23N3OSi. The second-order valence-electron chi connectivity index (χ2n) is 6.58. The van der Waals surface area contributed by atoms with Gasteiger partial charge >= 0.3 is 0 Å². The third-order valence-electron chi connectivity index (χ3n) is 4.09. The van der Waals surface area contributed by atoms with E-state index < -0.39 is 8.32 Å². The van der Waals surface area contributed by atoms with Crippen LogP contribution in [0.2, 0.25) is 18.1 Å². The third-order valence-corrected chi connectivity index (χ3v) is 8.40. The summed E-state index contributed by atoms with van der Waals surface area (Å²) in [5, 5.41) is 0.165. The van der Waals surface area contributed by atoms with Gasteiger partial charge in [-0.15, -0.1) is 0 Å². The van der Waals surface area contributed by atoms with Gasteiger partial charge < -0.3 is 4.43 Å². The summed E-state index contributed by atoms with van der Waals surface area (Å²) in [5.74, 6) is 0. The quantitative estimate of drug-likeness (QED) is 0.786. The van der Waals surface area contributed by atoms with Crippen molar-refractivity contribution in [2.45, 2.75) is 45.8 Å². The molecule has 0 aromatic carbocycles. The molecule has 19 heavy (non-hydrogen) atoms. The van der Waals surface area contributed by atoms with Crippen molar-refractivity contribution in [3.05, 3.63) is 18.0 Å². The summed E-state index contributed by atoms with van der Waals surface area (Å²) in [4.78, 5) is 8.91. The number of hydrogen-bond acceptors (Lipinski definition) is 3. The highest BCUT2D eigenvalue weighted by molar-refractivity contribution is 6.74. The summed E-state index contributed by atoms with van der Waals surface area (Å²) in [6.07, 6.45) is 1.81. The van der Waals surface area contributed by atoms with E-state index in [1.54, 1.807) is 0 Å². The van der Waals surface area contributed by atoms with Crippen molar-refractivity contribution in [2.75, 3.05) is 0 Å². The van der Waals surface area contributed by atoms with Crippen molar-refractivity contribution in [1.82, 2.24) is 14.5 Å². The minimum Gasteiger partial charge on any atom is -0.518 e. The first kappa shape index (κ1) is 14.1. The Morgan fingerprint density at radius 1 is 1.26 bits per heavy atom. The summed E-state index contributed by atoms with van der Waals surface area (Å²) in [6, 6.07) is 2.69. The van der Waals surface area contributed by atoms with Gasteiger partial charge in [0.25, 0.3) is 14.3 Å². The molecule has 4 nitrogen and oxygen atoms in total. The molecule has 0 aliphatic heterocycles. The van der Waals surface area contributed by atoms with Crippen molar-refractivity contribution in [2.24, 2.45) is 7.05 Å². The van der Waals surface area contributed by atoms with Gasteiger partial charge in [0.15, 0.2) is 0 Å². The van der Waals surface area contributed by atoms with Gasteiger partial charge in [0.05, 0.1) is 11.2 Å². The Morgan fingerprint density at radius 3 is 2.42 bits per heavy atom. The predicted octanol–water partition coefficient (Wildman–Crippen LogP) is 3.66. The smallest absolute Gasteiger partial charge is 0.283 e. The van der Waals surface area contributed by atoms with Crippen LogP contribution in [0.15, 0.2) is 12.3 Å². The molecular weight excluding hydrogens is 254 g/mol. The van der Waals surface area contributed by atoms with Gasteiger partial charge in [-0.1, -0.05) is 20.8 Å². The maximum absolute atomic E-state index is 6.30. The van der Waals surface area contributed by atoms with E-state index in [1.807, 2.05) is 30.8 Å². The lowest BCUT2D eigenvalue weighted by atomic mass is 10.2. The number of imidazole rings is 1. The normalized spacial score (nSPS) is 13.0. The molecule has 0 aliphatic carbocycles. The molecule has 0 fully saturated rings. The van der Waals surface area contributed by atoms with E-state index in [0.717, 1.165) is 16.7 Å². The molecule has 0 saturated heterocycles. The molecule has 0 amide bonds. The minimum atomic E-state index is -1.86. The summed E-state index contributed by atoms with van der Waals surface area (Å²) in [6.45, 7) is 13.1. The Balaban J connectivity index is 2.48. The van der Waals surface area contributed by atoms with E-state index in [4.69, 9.17) is 4.43 Å². The summed E-state index contributed by atoms with van der Waals surface area (Å²) in [7, 11) is 0.136. The van der Waals surface area contributed by atoms with E-state index >= 15 is 0 Å². The lowest BCUT2D eigenvalue weighted by Crippen LogP contribution is -2.44. The molecule has 2 heterocycles. The van der Waals surface area contributed by atoms with Crippen LogP contribution in [0.1, 0.15) is 26.5 Å². The van der Waals surface area contributed by atoms with Crippen LogP contribution >= 0.6 is 0 Å². The number of nitrogens with zero attached hydrogens (tertiary/aromatic N) is 3. The molecule has 0 bridgehead atoms. The van der Waals surface area contributed by atoms with Gasteiger partial charge in [0.1, 0.15) is 5.52 Å². The number of aromatic nitrogens is 3. The molecule has 0 atom stereocenters. The lowest BCUT2D eigenvalue weighted by Gasteiger charge is -2.35. The number of hydrogen-bond donors (Lipinski definition) is 0. The fourth-order valence-corrected chi connectivity index (χ4v) is 2.65. The first-order valence-corrected chi connectivity index (χ1v) is 9.51. The highest BCUT2D eigenvalue weighted by atomic mass is 28.4. The molecule has 0 radical (unpaired) electrons. The Morgan fingerprint density at radius 2 is 1.89 bits per heavy atom. The molecule has 2 rings (SSSR count). The average Bonchev–Trinajstić information content (AvgIpc) is 2.56. The average molecular weight is 277 g/mol. The van der Waals surface area contributed by atoms with Gasteiger partial charge in [-0.05, 0) is 31.1 Å². The molecule has 0 spiro atoms. The van der Waals surface area contributed by atoms with Gasteiger partial charge in [0.2, 0.25) is 0 Å². The summed E-state index contributed by atoms with van der Waals surface area (Å²) >= 11 is 0. The van der Waals surface area contributed by atoms with E-state index in [9.17, 15) is 0 Å². The fourth-order valence-electron chi connectivity index (χ4n) is 1.70. The van der Waals surface area contributed by atoms with Crippen LogP contribution in [-0.4, -0.2) is 22.9 Å². The van der Waals surface area contributed by atoms with Crippen LogP contribution in [0.25, 0.3) is 11.0 Å². The van der Waals surface area contributed by atoms with Gasteiger partial charge in [0, 0.05) is 13.2 Å². The van der Waals surface area contributed by atoms with Crippen molar-refractivity contribution in [3.63, 3.8) is 0 Å². The standard InChI is InChI=1S/C14H23N3OSi/c1-10-12-11(8-9-15-10)17(5)13(16-12)18-19(6,7)14(2,3)4/h8-9H,1-7H3. The first-order chi connectivity index (χ1) is 8.63. The Hall–Kier alpha value is -1.36. The van der Waals surface area contributed by atoms with Crippen molar-refractivity contribution < 1.29 is 4.43 Å². The van der Waals surface area contributed by atoms with Crippen molar-refractivity contribution in [1.29, 1.82) is 0 Å². The van der Waals surface area contributed by atoms with Crippen LogP contribution in [0.3, 0.4) is 0 Å². The highest BCUT2D eigenvalue weighted by Gasteiger charge is 2.40. The van der Waals surface area contributed by atoms with E-state index in [0.29, 0.717) is 6.01 Å². The van der Waals surface area contributed by atoms with E-state index in [-0.39, 0.29) is 5.04 Å². The number of pyridine rings is 1. The lowest BCUT2D eigenvalue weighted by molar-refractivity contribution is 0.446. The molecule has 2 aromatic rings. The Labute approximate surface area is 116 Å². The number of rotatable bonds is 2. The third kappa shape index (κ3) is 2.39. The van der Waals surface area contributed by atoms with E-state index in [1.165, 1.54) is 0 Å². The summed E-state index contributed by atoms with van der Waals surface area (Å²) in [5.41, 5.74) is 2.94. The van der Waals surface area contributed by atoms with Gasteiger partial charge in [-0.25, -0.2) is 0 Å². The zero-order chi connectivity index (χ0) is 14.4.